The van der Waals surface area contributed by atoms with Gasteiger partial charge in [0, 0.05) is 43.9 Å². The minimum Gasteiger partial charge on any atom is -0.466 e. The highest BCUT2D eigenvalue weighted by atomic mass is 19.1. The Hall–Kier alpha value is -4.29. The van der Waals surface area contributed by atoms with Gasteiger partial charge in [-0.2, -0.15) is 0 Å². The number of ketones is 1. The van der Waals surface area contributed by atoms with E-state index in [1.54, 1.807) is 47.0 Å². The third-order valence-corrected chi connectivity index (χ3v) is 9.68. The summed E-state index contributed by atoms with van der Waals surface area (Å²) >= 11 is 0. The number of nitrogens with one attached hydrogen (secondary N) is 1. The number of likely N-dealkylation sites (N-methyl/N-ethyl adjacent to an activating group) is 1. The lowest BCUT2D eigenvalue weighted by atomic mass is 9.80. The minimum atomic E-state index is -1.27. The van der Waals surface area contributed by atoms with Gasteiger partial charge in [-0.3, -0.25) is 19.2 Å². The summed E-state index contributed by atoms with van der Waals surface area (Å²) in [5, 5.41) is 2.52. The topological polar surface area (TPSA) is 144 Å². The van der Waals surface area contributed by atoms with Crippen LogP contribution in [0, 0.1) is 17.2 Å². The van der Waals surface area contributed by atoms with E-state index in [0.717, 1.165) is 11.3 Å². The molecule has 274 valence electrons. The zero-order valence-corrected chi connectivity index (χ0v) is 30.3. The Morgan fingerprint density at radius 1 is 1.10 bits per heavy atom. The number of esters is 3. The van der Waals surface area contributed by atoms with Gasteiger partial charge in [0.15, 0.2) is 5.78 Å². The fraction of sp³-hybridized carbons (Fsp3) is 0.622. The van der Waals surface area contributed by atoms with Gasteiger partial charge in [-0.05, 0) is 96.4 Å². The molecular weight excluding hydrogens is 647 g/mol. The summed E-state index contributed by atoms with van der Waals surface area (Å²) in [5.41, 5.74) is 0.113. The van der Waals surface area contributed by atoms with E-state index in [0.29, 0.717) is 37.9 Å². The molecule has 4 atom stereocenters. The smallest absolute Gasteiger partial charge is 0.328 e. The van der Waals surface area contributed by atoms with Crippen molar-refractivity contribution in [1.29, 1.82) is 0 Å². The van der Waals surface area contributed by atoms with Crippen LogP contribution in [-0.2, 0) is 33.4 Å². The highest BCUT2D eigenvalue weighted by Gasteiger charge is 2.55. The lowest BCUT2D eigenvalue weighted by Gasteiger charge is -2.50. The summed E-state index contributed by atoms with van der Waals surface area (Å²) in [4.78, 5) is 73.7. The van der Waals surface area contributed by atoms with Crippen molar-refractivity contribution in [3.8, 4) is 0 Å². The molecule has 1 N–H and O–H groups in total. The Morgan fingerprint density at radius 3 is 2.44 bits per heavy atom. The van der Waals surface area contributed by atoms with E-state index in [4.69, 9.17) is 14.2 Å². The number of ether oxygens (including phenoxy) is 3. The van der Waals surface area contributed by atoms with Crippen LogP contribution in [-0.4, -0.2) is 91.9 Å². The van der Waals surface area contributed by atoms with Crippen molar-refractivity contribution >= 4 is 41.6 Å². The molecule has 13 heteroatoms. The molecule has 1 aromatic carbocycles. The molecule has 3 unspecified atom stereocenters. The number of nitrogens with zero attached hydrogens (tertiary/aromatic N) is 3. The van der Waals surface area contributed by atoms with Crippen LogP contribution in [0.4, 0.5) is 10.1 Å². The lowest BCUT2D eigenvalue weighted by molar-refractivity contribution is -0.156. The van der Waals surface area contributed by atoms with E-state index in [-0.39, 0.29) is 62.4 Å². The molecule has 0 aromatic heterocycles. The summed E-state index contributed by atoms with van der Waals surface area (Å²) in [6.45, 7) is 11.2. The average molecular weight is 699 g/mol. The van der Waals surface area contributed by atoms with Gasteiger partial charge in [0.1, 0.15) is 24.0 Å². The van der Waals surface area contributed by atoms with Crippen molar-refractivity contribution in [2.75, 3.05) is 38.3 Å². The van der Waals surface area contributed by atoms with Crippen LogP contribution >= 0.6 is 0 Å². The van der Waals surface area contributed by atoms with E-state index in [1.165, 1.54) is 12.1 Å². The molecule has 12 nitrogen and oxygen atoms in total. The Kier molecular flexibility index (Phi) is 12.4. The first-order valence-corrected chi connectivity index (χ1v) is 17.5. The van der Waals surface area contributed by atoms with E-state index in [9.17, 15) is 24.0 Å². The Balaban J connectivity index is 1.72. The predicted molar refractivity (Wildman–Crippen MR) is 185 cm³/mol. The van der Waals surface area contributed by atoms with Crippen LogP contribution in [0.5, 0.6) is 0 Å². The Bertz CT molecular complexity index is 1540. The largest absolute Gasteiger partial charge is 0.466 e. The van der Waals surface area contributed by atoms with Crippen LogP contribution in [0.1, 0.15) is 96.8 Å². The second kappa shape index (κ2) is 16.2. The third kappa shape index (κ3) is 8.53. The summed E-state index contributed by atoms with van der Waals surface area (Å²) < 4.78 is 32.1. The molecule has 1 fully saturated rings. The number of allylic oxidation sites excluding steroid dienone is 1. The summed E-state index contributed by atoms with van der Waals surface area (Å²) in [6, 6.07) is 2.68. The van der Waals surface area contributed by atoms with E-state index in [1.807, 2.05) is 23.8 Å². The summed E-state index contributed by atoms with van der Waals surface area (Å²) in [6.07, 6.45) is 4.26. The van der Waals surface area contributed by atoms with Gasteiger partial charge in [0.2, 0.25) is 0 Å². The molecule has 3 aliphatic rings. The average Bonchev–Trinajstić information content (AvgIpc) is 3.34. The maximum Gasteiger partial charge on any atom is 0.328 e. The van der Waals surface area contributed by atoms with Crippen molar-refractivity contribution in [3.63, 3.8) is 0 Å². The molecule has 4 rings (SSSR count). The van der Waals surface area contributed by atoms with Crippen molar-refractivity contribution in [2.45, 2.75) is 104 Å². The summed E-state index contributed by atoms with van der Waals surface area (Å²) in [7, 11) is 1.94. The van der Waals surface area contributed by atoms with Gasteiger partial charge in [-0.1, -0.05) is 6.92 Å². The van der Waals surface area contributed by atoms with Crippen LogP contribution in [0.3, 0.4) is 0 Å². The van der Waals surface area contributed by atoms with Gasteiger partial charge < -0.3 is 29.3 Å². The van der Waals surface area contributed by atoms with Gasteiger partial charge in [0.25, 0.3) is 5.91 Å². The monoisotopic (exact) mass is 698 g/mol. The fourth-order valence-corrected chi connectivity index (χ4v) is 6.99. The van der Waals surface area contributed by atoms with Crippen molar-refractivity contribution in [3.05, 3.63) is 40.8 Å². The molecule has 1 amide bonds. The van der Waals surface area contributed by atoms with E-state index < -0.39 is 46.6 Å². The molecule has 1 saturated carbocycles. The van der Waals surface area contributed by atoms with E-state index in [2.05, 4.69) is 10.3 Å². The highest BCUT2D eigenvalue weighted by Crippen LogP contribution is 2.45. The maximum atomic E-state index is 16.2. The number of benzene rings is 1. The van der Waals surface area contributed by atoms with Crippen molar-refractivity contribution in [2.24, 2.45) is 16.3 Å². The second-order valence-electron chi connectivity index (χ2n) is 14.4. The van der Waals surface area contributed by atoms with Gasteiger partial charge in [0.05, 0.1) is 30.5 Å². The number of aliphatic imine (C=N–C) groups is 1. The molecule has 1 aromatic rings. The predicted octanol–water partition coefficient (Wildman–Crippen LogP) is 4.74. The number of amides is 1. The highest BCUT2D eigenvalue weighted by molar-refractivity contribution is 5.98. The fourth-order valence-electron chi connectivity index (χ4n) is 6.99. The molecule has 0 bridgehead atoms. The molecule has 1 heterocycles. The second-order valence-corrected chi connectivity index (χ2v) is 14.4. The van der Waals surface area contributed by atoms with Crippen LogP contribution in [0.2, 0.25) is 0 Å². The minimum absolute atomic E-state index is 0.0512. The lowest BCUT2D eigenvalue weighted by Crippen LogP contribution is -2.63. The Morgan fingerprint density at radius 2 is 1.82 bits per heavy atom. The first-order chi connectivity index (χ1) is 23.6. The number of carbonyl (C=O) groups is 5. The molecule has 1 aliphatic heterocycles. The number of anilines is 1. The molecule has 0 radical (unpaired) electrons. The van der Waals surface area contributed by atoms with Gasteiger partial charge in [-0.15, -0.1) is 0 Å². The SMILES string of the molecule is CCOC(=O)CC[C@H](NC(=O)c1ccc(N(C2CCC3=C(C2)CN(C)C=N3)C2(COC(=O)C(C)(C)C)C(=O)CCC2C)cc1F)C(=O)OCC. The number of hydrogen-bond acceptors (Lipinski definition) is 11. The van der Waals surface area contributed by atoms with Crippen molar-refractivity contribution in [1.82, 2.24) is 10.2 Å². The Labute approximate surface area is 293 Å². The van der Waals surface area contributed by atoms with Gasteiger partial charge in [-0.25, -0.2) is 14.2 Å². The van der Waals surface area contributed by atoms with E-state index >= 15 is 4.39 Å². The number of carbonyl (C=O) groups excluding carboxylic acids is 5. The molecule has 50 heavy (non-hydrogen) atoms. The van der Waals surface area contributed by atoms with Crippen molar-refractivity contribution < 1.29 is 42.6 Å². The molecule has 0 spiro atoms. The molecular formula is C37H51FN4O8. The number of rotatable bonds is 13. The van der Waals surface area contributed by atoms with Crippen LogP contribution in [0.25, 0.3) is 0 Å². The number of Topliss-reactive ketones (excluding diaryl/α,β-unsaturated/α-hetero) is 1. The third-order valence-electron chi connectivity index (χ3n) is 9.68. The van der Waals surface area contributed by atoms with Gasteiger partial charge >= 0.3 is 17.9 Å². The zero-order valence-electron chi connectivity index (χ0n) is 30.3. The first kappa shape index (κ1) is 38.5. The zero-order chi connectivity index (χ0) is 36.8. The number of halogens is 1. The maximum absolute atomic E-state index is 16.2. The normalized spacial score (nSPS) is 22.5. The first-order valence-electron chi connectivity index (χ1n) is 17.5. The molecule has 2 aliphatic carbocycles. The quantitative estimate of drug-likeness (QED) is 0.227. The number of hydrogen-bond donors (Lipinski definition) is 1. The standard InChI is InChI=1S/C37H51FN4O8/c1-8-48-32(44)17-15-30(34(46)49-9-2)40-33(45)27-13-11-26(19-28(27)38)42(25-12-14-29-24(18-25)20-41(7)22-39-29)37(23(3)10-16-31(37)43)21-50-35(47)36(4,5)6/h11,13,19,22-23,25,30H,8-10,12,14-18,20-21H2,1-7H3,(H,40,45)/t23?,25?,30-,37?/m0/s1. The molecule has 0 saturated heterocycles. The summed E-state index contributed by atoms with van der Waals surface area (Å²) in [5.74, 6) is -3.79. The van der Waals surface area contributed by atoms with Crippen LogP contribution in [0.15, 0.2) is 34.5 Å². The van der Waals surface area contributed by atoms with Crippen LogP contribution < -0.4 is 10.2 Å².